The van der Waals surface area contributed by atoms with E-state index < -0.39 is 0 Å². The second kappa shape index (κ2) is 8.63. The summed E-state index contributed by atoms with van der Waals surface area (Å²) in [6.45, 7) is 6.60. The number of rotatable bonds is 5. The van der Waals surface area contributed by atoms with E-state index in [1.54, 1.807) is 7.11 Å². The van der Waals surface area contributed by atoms with Crippen molar-refractivity contribution >= 4 is 40.3 Å². The molecule has 146 valence electrons. The first kappa shape index (κ1) is 20.2. The normalized spacial score (nSPS) is 10.6. The number of ether oxygens (including phenoxy) is 1. The van der Waals surface area contributed by atoms with E-state index in [9.17, 15) is 0 Å². The number of nitrogens with one attached hydrogen (secondary N) is 2. The van der Waals surface area contributed by atoms with Crippen molar-refractivity contribution in [1.82, 2.24) is 9.78 Å². The van der Waals surface area contributed by atoms with Crippen LogP contribution in [0.3, 0.4) is 0 Å². The highest BCUT2D eigenvalue weighted by Gasteiger charge is 2.13. The third-order valence-corrected chi connectivity index (χ3v) is 5.13. The second-order valence-electron chi connectivity index (χ2n) is 6.60. The van der Waals surface area contributed by atoms with Crippen molar-refractivity contribution in [3.05, 3.63) is 70.0 Å². The number of aryl methyl sites for hydroxylation is 2. The van der Waals surface area contributed by atoms with Gasteiger partial charge in [-0.3, -0.25) is 4.68 Å². The number of nitrogens with zero attached hydrogens (tertiary/aromatic N) is 2. The summed E-state index contributed by atoms with van der Waals surface area (Å²) in [6, 6.07) is 13.7. The van der Waals surface area contributed by atoms with E-state index in [1.165, 1.54) is 0 Å². The smallest absolute Gasteiger partial charge is 0.175 e. The minimum Gasteiger partial charge on any atom is -0.497 e. The molecule has 0 bridgehead atoms. The Morgan fingerprint density at radius 2 is 1.93 bits per heavy atom. The average molecular weight is 415 g/mol. The van der Waals surface area contributed by atoms with Crippen LogP contribution in [0.1, 0.15) is 22.5 Å². The molecule has 2 N–H and O–H groups in total. The zero-order valence-electron chi connectivity index (χ0n) is 16.3. The van der Waals surface area contributed by atoms with Crippen molar-refractivity contribution in [2.24, 2.45) is 0 Å². The zero-order chi connectivity index (χ0) is 20.3. The molecule has 0 fully saturated rings. The maximum absolute atomic E-state index is 6.18. The van der Waals surface area contributed by atoms with Gasteiger partial charge in [0.25, 0.3) is 0 Å². The van der Waals surface area contributed by atoms with Crippen molar-refractivity contribution < 1.29 is 4.74 Å². The van der Waals surface area contributed by atoms with Crippen molar-refractivity contribution in [2.45, 2.75) is 27.3 Å². The summed E-state index contributed by atoms with van der Waals surface area (Å²) in [5.74, 6) is 0.833. The lowest BCUT2D eigenvalue weighted by molar-refractivity contribution is 0.414. The van der Waals surface area contributed by atoms with Gasteiger partial charge >= 0.3 is 0 Å². The van der Waals surface area contributed by atoms with E-state index in [0.29, 0.717) is 16.7 Å². The van der Waals surface area contributed by atoms with E-state index in [4.69, 9.17) is 28.6 Å². The highest BCUT2D eigenvalue weighted by Crippen LogP contribution is 2.23. The Morgan fingerprint density at radius 3 is 2.64 bits per heavy atom. The molecule has 0 saturated carbocycles. The Hall–Kier alpha value is -2.57. The molecule has 0 aliphatic carbocycles. The number of methoxy groups -OCH3 is 1. The maximum Gasteiger partial charge on any atom is 0.175 e. The molecule has 1 aromatic heterocycles. The number of hydrogen-bond acceptors (Lipinski definition) is 3. The predicted octanol–water partition coefficient (Wildman–Crippen LogP) is 5.33. The summed E-state index contributed by atoms with van der Waals surface area (Å²) in [5, 5.41) is 12.3. The van der Waals surface area contributed by atoms with E-state index in [1.807, 2.05) is 61.9 Å². The summed E-state index contributed by atoms with van der Waals surface area (Å²) in [6.07, 6.45) is 0. The fraction of sp³-hybridized carbons (Fsp3) is 0.238. The molecular formula is C21H23ClN4OS. The van der Waals surface area contributed by atoms with Crippen LogP contribution in [-0.4, -0.2) is 22.0 Å². The molecule has 5 nitrogen and oxygen atoms in total. The van der Waals surface area contributed by atoms with Gasteiger partial charge in [0.05, 0.1) is 30.7 Å². The van der Waals surface area contributed by atoms with Gasteiger partial charge in [-0.2, -0.15) is 5.10 Å². The van der Waals surface area contributed by atoms with Gasteiger partial charge in [-0.25, -0.2) is 0 Å². The highest BCUT2D eigenvalue weighted by molar-refractivity contribution is 7.80. The maximum atomic E-state index is 6.18. The van der Waals surface area contributed by atoms with Crippen molar-refractivity contribution in [3.63, 3.8) is 0 Å². The van der Waals surface area contributed by atoms with Gasteiger partial charge in [0.1, 0.15) is 5.75 Å². The Balaban J connectivity index is 1.73. The first-order valence-corrected chi connectivity index (χ1v) is 9.67. The molecule has 2 aromatic carbocycles. The van der Waals surface area contributed by atoms with Crippen LogP contribution in [0, 0.1) is 20.8 Å². The Bertz CT molecular complexity index is 1020. The van der Waals surface area contributed by atoms with Crippen LogP contribution in [0.25, 0.3) is 0 Å². The summed E-state index contributed by atoms with van der Waals surface area (Å²) in [7, 11) is 1.67. The SMILES string of the molecule is COc1cccc(Cn2nc(C)c(NC(=S)Nc3ccc(C)c(Cl)c3)c2C)c1. The molecule has 0 aliphatic rings. The summed E-state index contributed by atoms with van der Waals surface area (Å²) in [5.41, 5.74) is 5.77. The van der Waals surface area contributed by atoms with E-state index in [0.717, 1.165) is 39.6 Å². The van der Waals surface area contributed by atoms with E-state index >= 15 is 0 Å². The van der Waals surface area contributed by atoms with Crippen molar-refractivity contribution in [2.75, 3.05) is 17.7 Å². The first-order valence-electron chi connectivity index (χ1n) is 8.88. The number of anilines is 2. The van der Waals surface area contributed by atoms with Gasteiger partial charge in [0.15, 0.2) is 5.11 Å². The molecule has 7 heteroatoms. The number of aromatic nitrogens is 2. The van der Waals surface area contributed by atoms with E-state index in [2.05, 4.69) is 21.8 Å². The fourth-order valence-corrected chi connectivity index (χ4v) is 3.32. The lowest BCUT2D eigenvalue weighted by Crippen LogP contribution is -2.20. The van der Waals surface area contributed by atoms with E-state index in [-0.39, 0.29) is 0 Å². The standard InChI is InChI=1S/C21H23ClN4OS/c1-13-8-9-17(11-19(13)22)23-21(28)24-20-14(2)25-26(15(20)3)12-16-6-5-7-18(10-16)27-4/h5-11H,12H2,1-4H3,(H2,23,24,28). The van der Waals surface area contributed by atoms with Gasteiger partial charge in [0, 0.05) is 10.7 Å². The van der Waals surface area contributed by atoms with Crippen LogP contribution >= 0.6 is 23.8 Å². The number of benzene rings is 2. The predicted molar refractivity (Wildman–Crippen MR) is 120 cm³/mol. The third-order valence-electron chi connectivity index (χ3n) is 4.52. The van der Waals surface area contributed by atoms with Crippen LogP contribution in [-0.2, 0) is 6.54 Å². The zero-order valence-corrected chi connectivity index (χ0v) is 17.9. The van der Waals surface area contributed by atoms with Crippen LogP contribution in [0.15, 0.2) is 42.5 Å². The number of hydrogen-bond donors (Lipinski definition) is 2. The topological polar surface area (TPSA) is 51.1 Å². The third kappa shape index (κ3) is 4.64. The average Bonchev–Trinajstić information content (AvgIpc) is 2.92. The molecule has 3 aromatic rings. The lowest BCUT2D eigenvalue weighted by Gasteiger charge is -2.12. The molecule has 28 heavy (non-hydrogen) atoms. The minimum absolute atomic E-state index is 0.493. The molecule has 0 radical (unpaired) electrons. The minimum atomic E-state index is 0.493. The molecule has 0 unspecified atom stereocenters. The van der Waals surface area contributed by atoms with Crippen LogP contribution in [0.2, 0.25) is 5.02 Å². The first-order chi connectivity index (χ1) is 13.4. The fourth-order valence-electron chi connectivity index (χ4n) is 2.92. The Kier molecular flexibility index (Phi) is 6.21. The molecule has 0 saturated heterocycles. The summed E-state index contributed by atoms with van der Waals surface area (Å²) < 4.78 is 7.26. The van der Waals surface area contributed by atoms with Crippen LogP contribution in [0.5, 0.6) is 5.75 Å². The van der Waals surface area contributed by atoms with Gasteiger partial charge in [-0.1, -0.05) is 29.8 Å². The van der Waals surface area contributed by atoms with Gasteiger partial charge in [-0.15, -0.1) is 0 Å². The molecule has 0 atom stereocenters. The highest BCUT2D eigenvalue weighted by atomic mass is 35.5. The molecule has 3 rings (SSSR count). The van der Waals surface area contributed by atoms with Gasteiger partial charge < -0.3 is 15.4 Å². The second-order valence-corrected chi connectivity index (χ2v) is 7.41. The van der Waals surface area contributed by atoms with Crippen LogP contribution in [0.4, 0.5) is 11.4 Å². The number of halogens is 1. The molecular weight excluding hydrogens is 392 g/mol. The van der Waals surface area contributed by atoms with Gasteiger partial charge in [0.2, 0.25) is 0 Å². The molecule has 0 aliphatic heterocycles. The molecule has 1 heterocycles. The largest absolute Gasteiger partial charge is 0.497 e. The van der Waals surface area contributed by atoms with Gasteiger partial charge in [-0.05, 0) is 68.4 Å². The lowest BCUT2D eigenvalue weighted by atomic mass is 10.2. The summed E-state index contributed by atoms with van der Waals surface area (Å²) >= 11 is 11.7. The Morgan fingerprint density at radius 1 is 1.14 bits per heavy atom. The number of thiocarbonyl (C=S) groups is 1. The summed E-state index contributed by atoms with van der Waals surface area (Å²) in [4.78, 5) is 0. The monoisotopic (exact) mass is 414 g/mol. The Labute approximate surface area is 175 Å². The van der Waals surface area contributed by atoms with Crippen molar-refractivity contribution in [1.29, 1.82) is 0 Å². The van der Waals surface area contributed by atoms with Crippen LogP contribution < -0.4 is 15.4 Å². The molecule has 0 amide bonds. The van der Waals surface area contributed by atoms with Crippen molar-refractivity contribution in [3.8, 4) is 5.75 Å². The molecule has 0 spiro atoms. The quantitative estimate of drug-likeness (QED) is 0.553.